The van der Waals surface area contributed by atoms with Crippen molar-refractivity contribution in [3.8, 4) is 11.5 Å². The van der Waals surface area contributed by atoms with E-state index in [9.17, 15) is 34.8 Å². The summed E-state index contributed by atoms with van der Waals surface area (Å²) >= 11 is 0. The Hall–Kier alpha value is -3.23. The van der Waals surface area contributed by atoms with E-state index in [1.165, 1.54) is 26.0 Å². The minimum Gasteiger partial charge on any atom is -0.233 e. The summed E-state index contributed by atoms with van der Waals surface area (Å²) in [6, 6.07) is 4.03. The van der Waals surface area contributed by atoms with Crippen LogP contribution in [0, 0.1) is 6.92 Å². The van der Waals surface area contributed by atoms with Crippen molar-refractivity contribution >= 4 is 26.6 Å². The molecule has 0 fully saturated rings. The maximum absolute atomic E-state index is 13.9. The van der Waals surface area contributed by atoms with Gasteiger partial charge in [0.25, 0.3) is 0 Å². The second-order valence-corrected chi connectivity index (χ2v) is 8.88. The summed E-state index contributed by atoms with van der Waals surface area (Å²) in [4.78, 5) is 11.5. The van der Waals surface area contributed by atoms with Crippen molar-refractivity contribution in [1.29, 1.82) is 0 Å². The number of hydrogen-bond acceptors (Lipinski definition) is 6. The third-order valence-electron chi connectivity index (χ3n) is 4.51. The molecule has 0 aliphatic heterocycles. The number of pyridine rings is 1. The SMILES string of the molecule is CCS(=O)(=O)c1c(-c2nc3ccc(C)nc3n2C(F)(F)F)nc2ccc(C(F)(F)F)nn12. The summed E-state index contributed by atoms with van der Waals surface area (Å²) in [7, 11) is -4.40. The van der Waals surface area contributed by atoms with Crippen LogP contribution in [0.15, 0.2) is 29.3 Å². The Balaban J connectivity index is 2.17. The lowest BCUT2D eigenvalue weighted by atomic mass is 10.3. The number of hydrogen-bond donors (Lipinski definition) is 0. The van der Waals surface area contributed by atoms with Crippen LogP contribution in [0.1, 0.15) is 18.3 Å². The minimum atomic E-state index is -5.08. The normalized spacial score (nSPS) is 13.4. The van der Waals surface area contributed by atoms with Gasteiger partial charge in [0.05, 0.1) is 5.75 Å². The van der Waals surface area contributed by atoms with Gasteiger partial charge in [0, 0.05) is 5.69 Å². The zero-order chi connectivity index (χ0) is 23.6. The molecule has 0 atom stereocenters. The Labute approximate surface area is 175 Å². The summed E-state index contributed by atoms with van der Waals surface area (Å²) in [5, 5.41) is 2.35. The molecule has 4 aromatic rings. The highest BCUT2D eigenvalue weighted by molar-refractivity contribution is 7.91. The Morgan fingerprint density at radius 3 is 2.25 bits per heavy atom. The topological polar surface area (TPSA) is 95.0 Å². The number of nitrogens with zero attached hydrogens (tertiary/aromatic N) is 6. The van der Waals surface area contributed by atoms with Gasteiger partial charge in [-0.2, -0.15) is 18.3 Å². The van der Waals surface area contributed by atoms with Crippen molar-refractivity contribution in [3.63, 3.8) is 0 Å². The fourth-order valence-electron chi connectivity index (χ4n) is 3.08. The first-order valence-electron chi connectivity index (χ1n) is 8.87. The first-order chi connectivity index (χ1) is 14.7. The molecule has 0 radical (unpaired) electrons. The van der Waals surface area contributed by atoms with Gasteiger partial charge in [-0.15, -0.1) is 13.2 Å². The third-order valence-corrected chi connectivity index (χ3v) is 6.23. The molecule has 4 aromatic heterocycles. The monoisotopic (exact) mass is 478 g/mol. The van der Waals surface area contributed by atoms with Gasteiger partial charge < -0.3 is 0 Å². The van der Waals surface area contributed by atoms with E-state index in [0.717, 1.165) is 6.07 Å². The highest BCUT2D eigenvalue weighted by Crippen LogP contribution is 2.37. The van der Waals surface area contributed by atoms with E-state index in [0.29, 0.717) is 10.6 Å². The Kier molecular flexibility index (Phi) is 4.73. The predicted octanol–water partition coefficient (Wildman–Crippen LogP) is 3.74. The van der Waals surface area contributed by atoms with E-state index in [1.54, 1.807) is 0 Å². The molecule has 0 aliphatic carbocycles. The Morgan fingerprint density at radius 1 is 0.969 bits per heavy atom. The zero-order valence-electron chi connectivity index (χ0n) is 16.2. The van der Waals surface area contributed by atoms with E-state index in [-0.39, 0.29) is 15.8 Å². The molecule has 0 saturated heterocycles. The molecule has 32 heavy (non-hydrogen) atoms. The van der Waals surface area contributed by atoms with Crippen LogP contribution >= 0.6 is 0 Å². The Morgan fingerprint density at radius 2 is 1.66 bits per heavy atom. The standard InChI is InChI=1S/C17H12F6N6O2S/c1-3-32(30,31)15-12(26-11-7-6-10(16(18,19)20)27-29(11)15)14-25-9-5-4-8(2)24-13(9)28(14)17(21,22)23/h4-7H,3H2,1-2H3. The maximum atomic E-state index is 13.9. The van der Waals surface area contributed by atoms with Gasteiger partial charge in [-0.3, -0.25) is 0 Å². The van der Waals surface area contributed by atoms with Gasteiger partial charge in [-0.1, -0.05) is 6.92 Å². The number of aromatic nitrogens is 6. The summed E-state index contributed by atoms with van der Waals surface area (Å²) < 4.78 is 107. The summed E-state index contributed by atoms with van der Waals surface area (Å²) in [6.07, 6.45) is -10.0. The fraction of sp³-hybridized carbons (Fsp3) is 0.294. The molecule has 15 heteroatoms. The highest BCUT2D eigenvalue weighted by atomic mass is 32.2. The van der Waals surface area contributed by atoms with Crippen molar-refractivity contribution in [2.75, 3.05) is 5.75 Å². The molecule has 0 amide bonds. The minimum absolute atomic E-state index is 0.205. The van der Waals surface area contributed by atoms with E-state index in [4.69, 9.17) is 0 Å². The smallest absolute Gasteiger partial charge is 0.233 e. The lowest BCUT2D eigenvalue weighted by Gasteiger charge is -2.12. The second-order valence-electron chi connectivity index (χ2n) is 6.69. The van der Waals surface area contributed by atoms with Crippen molar-refractivity contribution in [1.82, 2.24) is 29.1 Å². The molecule has 170 valence electrons. The van der Waals surface area contributed by atoms with E-state index >= 15 is 0 Å². The maximum Gasteiger partial charge on any atom is 0.491 e. The number of aryl methyl sites for hydroxylation is 1. The van der Waals surface area contributed by atoms with Gasteiger partial charge in [-0.05, 0) is 31.2 Å². The van der Waals surface area contributed by atoms with Crippen LogP contribution in [-0.2, 0) is 22.3 Å². The third kappa shape index (κ3) is 3.45. The van der Waals surface area contributed by atoms with E-state index in [2.05, 4.69) is 20.1 Å². The molecule has 0 aliphatic rings. The number of halogens is 6. The quantitative estimate of drug-likeness (QED) is 0.417. The predicted molar refractivity (Wildman–Crippen MR) is 98.3 cm³/mol. The lowest BCUT2D eigenvalue weighted by Crippen LogP contribution is -2.20. The van der Waals surface area contributed by atoms with Crippen LogP contribution in [0.5, 0.6) is 0 Å². The first kappa shape index (κ1) is 22.0. The average Bonchev–Trinajstić information content (AvgIpc) is 3.24. The van der Waals surface area contributed by atoms with Gasteiger partial charge in [0.2, 0.25) is 0 Å². The number of rotatable bonds is 3. The van der Waals surface area contributed by atoms with Crippen LogP contribution in [0.3, 0.4) is 0 Å². The first-order valence-corrected chi connectivity index (χ1v) is 10.5. The molecule has 0 unspecified atom stereocenters. The fourth-order valence-corrected chi connectivity index (χ4v) is 4.18. The van der Waals surface area contributed by atoms with Gasteiger partial charge in [-0.25, -0.2) is 32.5 Å². The number of fused-ring (bicyclic) bond motifs is 2. The second kappa shape index (κ2) is 6.88. The van der Waals surface area contributed by atoms with Crippen LogP contribution in [0.4, 0.5) is 26.3 Å². The van der Waals surface area contributed by atoms with Crippen molar-refractivity contribution in [2.24, 2.45) is 0 Å². The largest absolute Gasteiger partial charge is 0.491 e. The molecule has 4 heterocycles. The molecular formula is C17H12F6N6O2S. The van der Waals surface area contributed by atoms with E-state index < -0.39 is 61.6 Å². The Bertz CT molecular complexity index is 1470. The molecule has 0 bridgehead atoms. The summed E-state index contributed by atoms with van der Waals surface area (Å²) in [6.45, 7) is 2.64. The molecule has 0 N–H and O–H groups in total. The summed E-state index contributed by atoms with van der Waals surface area (Å²) in [5.41, 5.74) is -3.20. The lowest BCUT2D eigenvalue weighted by molar-refractivity contribution is -0.200. The van der Waals surface area contributed by atoms with Crippen molar-refractivity contribution in [3.05, 3.63) is 35.7 Å². The van der Waals surface area contributed by atoms with Crippen LogP contribution in [0.25, 0.3) is 28.3 Å². The molecule has 4 rings (SSSR count). The zero-order valence-corrected chi connectivity index (χ0v) is 17.0. The molecule has 0 spiro atoms. The van der Waals surface area contributed by atoms with Crippen molar-refractivity contribution < 1.29 is 34.8 Å². The van der Waals surface area contributed by atoms with Crippen LogP contribution in [-0.4, -0.2) is 43.3 Å². The van der Waals surface area contributed by atoms with Gasteiger partial charge in [0.1, 0.15) is 11.2 Å². The molecule has 0 aromatic carbocycles. The molecule has 0 saturated carbocycles. The number of sulfone groups is 1. The van der Waals surface area contributed by atoms with Gasteiger partial charge in [0.15, 0.2) is 37.7 Å². The van der Waals surface area contributed by atoms with Crippen LogP contribution in [0.2, 0.25) is 0 Å². The van der Waals surface area contributed by atoms with E-state index in [1.807, 2.05) is 0 Å². The summed E-state index contributed by atoms with van der Waals surface area (Å²) in [5.74, 6) is -1.56. The van der Waals surface area contributed by atoms with Gasteiger partial charge >= 0.3 is 12.5 Å². The van der Waals surface area contributed by atoms with Crippen molar-refractivity contribution in [2.45, 2.75) is 31.3 Å². The average molecular weight is 478 g/mol. The number of imidazole rings is 2. The highest BCUT2D eigenvalue weighted by Gasteiger charge is 2.40. The number of alkyl halides is 6. The molecule has 8 nitrogen and oxygen atoms in total. The molecular weight excluding hydrogens is 466 g/mol. The van der Waals surface area contributed by atoms with Crippen LogP contribution < -0.4 is 0 Å².